The van der Waals surface area contributed by atoms with Crippen molar-refractivity contribution in [1.82, 2.24) is 10.3 Å². The molecule has 1 fully saturated rings. The summed E-state index contributed by atoms with van der Waals surface area (Å²) >= 11 is 0. The Balaban J connectivity index is 1.52. The third-order valence-electron chi connectivity index (χ3n) is 3.40. The van der Waals surface area contributed by atoms with Gasteiger partial charge in [-0.05, 0) is 50.3 Å². The van der Waals surface area contributed by atoms with Crippen LogP contribution in [-0.2, 0) is 6.42 Å². The van der Waals surface area contributed by atoms with Crippen LogP contribution in [0, 0.1) is 0 Å². The number of aryl methyl sites for hydroxylation is 1. The highest BCUT2D eigenvalue weighted by atomic mass is 14.9. The molecule has 1 unspecified atom stereocenters. The van der Waals surface area contributed by atoms with Crippen molar-refractivity contribution in [1.29, 1.82) is 0 Å². The highest BCUT2D eigenvalue weighted by Gasteiger charge is 2.12. The van der Waals surface area contributed by atoms with Crippen LogP contribution in [0.25, 0.3) is 0 Å². The molecule has 2 heteroatoms. The summed E-state index contributed by atoms with van der Waals surface area (Å²) in [5.74, 6) is 0. The van der Waals surface area contributed by atoms with Crippen LogP contribution in [0.3, 0.4) is 0 Å². The van der Waals surface area contributed by atoms with Crippen molar-refractivity contribution in [2.75, 3.05) is 6.54 Å². The van der Waals surface area contributed by atoms with Crippen molar-refractivity contribution in [3.8, 4) is 0 Å². The van der Waals surface area contributed by atoms with Crippen LogP contribution in [0.1, 0.15) is 44.1 Å². The lowest BCUT2D eigenvalue weighted by Crippen LogP contribution is -2.20. The summed E-state index contributed by atoms with van der Waals surface area (Å²) in [5, 5.41) is 3.56. The quantitative estimate of drug-likeness (QED) is 0.743. The van der Waals surface area contributed by atoms with Gasteiger partial charge in [0, 0.05) is 18.4 Å². The van der Waals surface area contributed by atoms with Gasteiger partial charge in [-0.25, -0.2) is 0 Å². The maximum absolute atomic E-state index is 4.14. The van der Waals surface area contributed by atoms with Gasteiger partial charge >= 0.3 is 0 Å². The van der Waals surface area contributed by atoms with Crippen LogP contribution in [0.4, 0.5) is 0 Å². The second-order valence-corrected chi connectivity index (χ2v) is 4.75. The average Bonchev–Trinajstić information content (AvgIpc) is 2.83. The molecule has 1 aliphatic heterocycles. The summed E-state index contributed by atoms with van der Waals surface area (Å²) in [5.41, 5.74) is 1.38. The molecule has 16 heavy (non-hydrogen) atoms. The number of rotatable bonds is 6. The first-order valence-corrected chi connectivity index (χ1v) is 6.57. The average molecular weight is 218 g/mol. The fourth-order valence-electron chi connectivity index (χ4n) is 2.45. The van der Waals surface area contributed by atoms with Crippen LogP contribution in [0.5, 0.6) is 0 Å². The Labute approximate surface area is 98.5 Å². The molecule has 0 spiro atoms. The van der Waals surface area contributed by atoms with Crippen molar-refractivity contribution in [3.05, 3.63) is 30.1 Å². The second kappa shape index (κ2) is 6.64. The molecule has 2 rings (SSSR count). The van der Waals surface area contributed by atoms with E-state index >= 15 is 0 Å². The number of unbranched alkanes of at least 4 members (excludes halogenated alkanes) is 2. The van der Waals surface area contributed by atoms with E-state index in [-0.39, 0.29) is 0 Å². The van der Waals surface area contributed by atoms with E-state index in [1.54, 1.807) is 0 Å². The van der Waals surface area contributed by atoms with E-state index in [9.17, 15) is 0 Å². The standard InChI is InChI=1S/C14H22N2/c1(3-8-14-9-5-11-16-14)2-6-13-7-4-10-15-12-13/h4,7,10,12,14,16H,1-3,5-6,8-9,11H2. The van der Waals surface area contributed by atoms with Gasteiger partial charge in [-0.15, -0.1) is 0 Å². The summed E-state index contributed by atoms with van der Waals surface area (Å²) in [6.45, 7) is 1.24. The number of aromatic nitrogens is 1. The molecule has 0 bridgehead atoms. The minimum absolute atomic E-state index is 0.818. The molecule has 0 amide bonds. The Morgan fingerprint density at radius 2 is 2.31 bits per heavy atom. The van der Waals surface area contributed by atoms with Gasteiger partial charge < -0.3 is 5.32 Å². The van der Waals surface area contributed by atoms with E-state index in [1.807, 2.05) is 18.5 Å². The molecule has 1 atom stereocenters. The van der Waals surface area contributed by atoms with Crippen molar-refractivity contribution in [3.63, 3.8) is 0 Å². The van der Waals surface area contributed by atoms with Crippen LogP contribution >= 0.6 is 0 Å². The number of nitrogens with zero attached hydrogens (tertiary/aromatic N) is 1. The number of hydrogen-bond acceptors (Lipinski definition) is 2. The van der Waals surface area contributed by atoms with E-state index in [0.717, 1.165) is 6.04 Å². The highest BCUT2D eigenvalue weighted by Crippen LogP contribution is 2.13. The largest absolute Gasteiger partial charge is 0.314 e. The van der Waals surface area contributed by atoms with E-state index < -0.39 is 0 Å². The summed E-state index contributed by atoms with van der Waals surface area (Å²) in [4.78, 5) is 4.14. The van der Waals surface area contributed by atoms with Gasteiger partial charge in [-0.1, -0.05) is 18.9 Å². The third-order valence-corrected chi connectivity index (χ3v) is 3.40. The lowest BCUT2D eigenvalue weighted by atomic mass is 10.0. The van der Waals surface area contributed by atoms with Gasteiger partial charge in [-0.3, -0.25) is 4.98 Å². The molecule has 1 saturated heterocycles. The summed E-state index contributed by atoms with van der Waals surface area (Å²) in [6.07, 6.45) is 13.2. The zero-order valence-electron chi connectivity index (χ0n) is 9.99. The smallest absolute Gasteiger partial charge is 0.0299 e. The van der Waals surface area contributed by atoms with Crippen molar-refractivity contribution < 1.29 is 0 Å². The molecule has 0 saturated carbocycles. The van der Waals surface area contributed by atoms with Crippen LogP contribution in [0.15, 0.2) is 24.5 Å². The van der Waals surface area contributed by atoms with E-state index in [4.69, 9.17) is 0 Å². The third kappa shape index (κ3) is 3.93. The zero-order valence-corrected chi connectivity index (χ0v) is 9.99. The lowest BCUT2D eigenvalue weighted by Gasteiger charge is -2.09. The van der Waals surface area contributed by atoms with Crippen LogP contribution in [-0.4, -0.2) is 17.6 Å². The van der Waals surface area contributed by atoms with E-state index in [2.05, 4.69) is 16.4 Å². The summed E-state index contributed by atoms with van der Waals surface area (Å²) in [7, 11) is 0. The fourth-order valence-corrected chi connectivity index (χ4v) is 2.45. The Bertz CT molecular complexity index is 278. The summed E-state index contributed by atoms with van der Waals surface area (Å²) in [6, 6.07) is 5.02. The molecule has 1 N–H and O–H groups in total. The molecule has 2 heterocycles. The Morgan fingerprint density at radius 3 is 3.06 bits per heavy atom. The van der Waals surface area contributed by atoms with Gasteiger partial charge in [-0.2, -0.15) is 0 Å². The molecule has 0 aliphatic carbocycles. The van der Waals surface area contributed by atoms with Crippen LogP contribution < -0.4 is 5.32 Å². The maximum Gasteiger partial charge on any atom is 0.0299 e. The van der Waals surface area contributed by atoms with Crippen molar-refractivity contribution in [2.24, 2.45) is 0 Å². The van der Waals surface area contributed by atoms with Gasteiger partial charge in [0.15, 0.2) is 0 Å². The van der Waals surface area contributed by atoms with Crippen molar-refractivity contribution >= 4 is 0 Å². The Kier molecular flexibility index (Phi) is 4.81. The first kappa shape index (κ1) is 11.6. The molecule has 88 valence electrons. The Hall–Kier alpha value is -0.890. The first-order chi connectivity index (χ1) is 7.95. The molecule has 0 radical (unpaired) electrons. The molecular weight excluding hydrogens is 196 g/mol. The molecular formula is C14H22N2. The van der Waals surface area contributed by atoms with Gasteiger partial charge in [0.1, 0.15) is 0 Å². The highest BCUT2D eigenvalue weighted by molar-refractivity contribution is 5.08. The zero-order chi connectivity index (χ0) is 11.1. The number of hydrogen-bond donors (Lipinski definition) is 1. The number of nitrogens with one attached hydrogen (secondary N) is 1. The monoisotopic (exact) mass is 218 g/mol. The van der Waals surface area contributed by atoms with Crippen molar-refractivity contribution in [2.45, 2.75) is 51.0 Å². The fraction of sp³-hybridized carbons (Fsp3) is 0.643. The topological polar surface area (TPSA) is 24.9 Å². The first-order valence-electron chi connectivity index (χ1n) is 6.57. The molecule has 0 aromatic carbocycles. The molecule has 1 aliphatic rings. The lowest BCUT2D eigenvalue weighted by molar-refractivity contribution is 0.514. The molecule has 1 aromatic rings. The predicted molar refractivity (Wildman–Crippen MR) is 67.4 cm³/mol. The van der Waals surface area contributed by atoms with Gasteiger partial charge in [0.2, 0.25) is 0 Å². The minimum atomic E-state index is 0.818. The molecule has 2 nitrogen and oxygen atoms in total. The second-order valence-electron chi connectivity index (χ2n) is 4.75. The van der Waals surface area contributed by atoms with E-state index in [0.29, 0.717) is 0 Å². The number of pyridine rings is 1. The van der Waals surface area contributed by atoms with Crippen LogP contribution in [0.2, 0.25) is 0 Å². The van der Waals surface area contributed by atoms with Gasteiger partial charge in [0.05, 0.1) is 0 Å². The van der Waals surface area contributed by atoms with Gasteiger partial charge in [0.25, 0.3) is 0 Å². The molecule has 1 aromatic heterocycles. The predicted octanol–water partition coefficient (Wildman–Crippen LogP) is 2.94. The summed E-state index contributed by atoms with van der Waals surface area (Å²) < 4.78 is 0. The maximum atomic E-state index is 4.14. The Morgan fingerprint density at radius 1 is 1.31 bits per heavy atom. The SMILES string of the molecule is c1cncc(CCCCCC2CCCN2)c1. The normalized spacial score (nSPS) is 20.1. The van der Waals surface area contributed by atoms with E-state index in [1.165, 1.54) is 57.1 Å². The minimum Gasteiger partial charge on any atom is -0.314 e.